The first-order chi connectivity index (χ1) is 29.9. The third-order valence-electron chi connectivity index (χ3n) is 9.78. The number of hydrogen-bond acceptors (Lipinski definition) is 14. The molecule has 2 aromatic rings. The summed E-state index contributed by atoms with van der Waals surface area (Å²) in [5.74, 6) is -5.03. The van der Waals surface area contributed by atoms with E-state index in [1.165, 1.54) is 0 Å². The monoisotopic (exact) mass is 877 g/mol. The zero-order valence-electron chi connectivity index (χ0n) is 36.6. The van der Waals surface area contributed by atoms with Gasteiger partial charge in [-0.1, -0.05) is 63.8 Å². The predicted molar refractivity (Wildman–Crippen MR) is 237 cm³/mol. The number of carbonyl (C=O) groups is 4. The standard InChI is InChI=1S/C46H63N5O10S/c1-5-7-9-11-13-15-17-36(45(54)55)30-42(52)60-27-25-58-23-21-51(22-24-59-26-28-61-43(53)31-37(46(56)57)18-16-14-12-10-8-6-2)38-19-20-40(34(3)29-38)49-50-44-39(32-47)35(4)41(33-48)62-44/h13-16,19-20,29,36-37H,5-12,17-18,21-28,30-31H2,1-4H3,(H,54,55)(H,56,57). The van der Waals surface area contributed by atoms with E-state index in [9.17, 15) is 39.9 Å². The fraction of sp³-hybridized carbons (Fsp3) is 0.565. The molecule has 0 bridgehead atoms. The van der Waals surface area contributed by atoms with E-state index < -0.39 is 35.7 Å². The Morgan fingerprint density at radius 2 is 1.27 bits per heavy atom. The van der Waals surface area contributed by atoms with Gasteiger partial charge in [-0.25, -0.2) is 0 Å². The Kier molecular flexibility index (Phi) is 26.7. The van der Waals surface area contributed by atoms with Gasteiger partial charge in [0.2, 0.25) is 0 Å². The van der Waals surface area contributed by atoms with Crippen LogP contribution in [0.1, 0.15) is 112 Å². The van der Waals surface area contributed by atoms with Crippen molar-refractivity contribution in [1.82, 2.24) is 0 Å². The molecular weight excluding hydrogens is 815 g/mol. The second-order valence-corrected chi connectivity index (χ2v) is 15.7. The number of esters is 2. The lowest BCUT2D eigenvalue weighted by molar-refractivity contribution is -0.152. The molecule has 0 aliphatic heterocycles. The number of carboxylic acids is 2. The van der Waals surface area contributed by atoms with Crippen LogP contribution in [-0.4, -0.2) is 86.8 Å². The number of hydrogen-bond donors (Lipinski definition) is 2. The van der Waals surface area contributed by atoms with Crippen molar-refractivity contribution in [2.24, 2.45) is 22.1 Å². The van der Waals surface area contributed by atoms with Crippen molar-refractivity contribution < 1.29 is 48.3 Å². The highest BCUT2D eigenvalue weighted by Gasteiger charge is 2.22. The van der Waals surface area contributed by atoms with Gasteiger partial charge in [-0.2, -0.15) is 10.5 Å². The van der Waals surface area contributed by atoms with E-state index in [4.69, 9.17) is 18.9 Å². The average molecular weight is 878 g/mol. The molecule has 2 N–H and O–H groups in total. The number of allylic oxidation sites excluding steroid dienone is 4. The van der Waals surface area contributed by atoms with Gasteiger partial charge in [0.1, 0.15) is 30.2 Å². The third-order valence-corrected chi connectivity index (χ3v) is 10.9. The molecule has 0 fully saturated rings. The maximum Gasteiger partial charge on any atom is 0.307 e. The van der Waals surface area contributed by atoms with E-state index in [0.717, 1.165) is 74.0 Å². The van der Waals surface area contributed by atoms with Gasteiger partial charge in [0, 0.05) is 18.8 Å². The lowest BCUT2D eigenvalue weighted by Crippen LogP contribution is -2.31. The van der Waals surface area contributed by atoms with Gasteiger partial charge in [-0.15, -0.1) is 21.6 Å². The molecule has 1 heterocycles. The van der Waals surface area contributed by atoms with E-state index >= 15 is 0 Å². The lowest BCUT2D eigenvalue weighted by Gasteiger charge is -2.25. The largest absolute Gasteiger partial charge is 0.481 e. The van der Waals surface area contributed by atoms with Crippen LogP contribution in [0, 0.1) is 48.3 Å². The van der Waals surface area contributed by atoms with Crippen molar-refractivity contribution in [2.45, 2.75) is 105 Å². The number of azo groups is 1. The molecule has 16 heteroatoms. The van der Waals surface area contributed by atoms with E-state index in [-0.39, 0.29) is 65.3 Å². The highest BCUT2D eigenvalue weighted by molar-refractivity contribution is 7.16. The summed E-state index contributed by atoms with van der Waals surface area (Å²) in [6, 6.07) is 9.74. The molecule has 15 nitrogen and oxygen atoms in total. The van der Waals surface area contributed by atoms with Crippen molar-refractivity contribution in [3.05, 3.63) is 64.1 Å². The van der Waals surface area contributed by atoms with Gasteiger partial charge in [0.25, 0.3) is 0 Å². The van der Waals surface area contributed by atoms with Crippen LogP contribution in [0.15, 0.2) is 52.7 Å². The quantitative estimate of drug-likeness (QED) is 0.0295. The number of aliphatic carboxylic acids is 2. The number of rotatable bonds is 33. The molecular formula is C46H63N5O10S. The van der Waals surface area contributed by atoms with E-state index in [2.05, 4.69) is 36.2 Å². The summed E-state index contributed by atoms with van der Waals surface area (Å²) < 4.78 is 22.1. The molecule has 1 aromatic heterocycles. The highest BCUT2D eigenvalue weighted by atomic mass is 32.1. The van der Waals surface area contributed by atoms with Crippen molar-refractivity contribution in [3.8, 4) is 12.1 Å². The number of nitriles is 2. The molecule has 0 saturated heterocycles. The molecule has 62 heavy (non-hydrogen) atoms. The smallest absolute Gasteiger partial charge is 0.307 e. The fourth-order valence-corrected chi connectivity index (χ4v) is 6.93. The molecule has 2 unspecified atom stereocenters. The van der Waals surface area contributed by atoms with Gasteiger partial charge in [0.05, 0.1) is 62.4 Å². The van der Waals surface area contributed by atoms with E-state index in [1.54, 1.807) is 13.0 Å². The molecule has 0 spiro atoms. The Labute approximate surface area is 370 Å². The first-order valence-corrected chi connectivity index (χ1v) is 22.2. The molecule has 338 valence electrons. The minimum atomic E-state index is -1.05. The Morgan fingerprint density at radius 1 is 0.742 bits per heavy atom. The number of carbonyl (C=O) groups excluding carboxylic acids is 2. The Morgan fingerprint density at radius 3 is 1.73 bits per heavy atom. The molecule has 0 amide bonds. The molecule has 1 aromatic carbocycles. The topological polar surface area (TPSA) is 221 Å². The zero-order chi connectivity index (χ0) is 45.5. The molecule has 0 aliphatic rings. The van der Waals surface area contributed by atoms with Crippen molar-refractivity contribution in [2.75, 3.05) is 57.6 Å². The number of thiophene rings is 1. The summed E-state index contributed by atoms with van der Waals surface area (Å²) >= 11 is 1.11. The molecule has 0 saturated carbocycles. The van der Waals surface area contributed by atoms with Gasteiger partial charge in [0.15, 0.2) is 5.00 Å². The summed E-state index contributed by atoms with van der Waals surface area (Å²) in [5, 5.41) is 47.1. The van der Waals surface area contributed by atoms with E-state index in [0.29, 0.717) is 39.8 Å². The number of aryl methyl sites for hydroxylation is 1. The van der Waals surface area contributed by atoms with Crippen LogP contribution in [0.2, 0.25) is 0 Å². The van der Waals surface area contributed by atoms with Gasteiger partial charge >= 0.3 is 23.9 Å². The Balaban J connectivity index is 1.97. The van der Waals surface area contributed by atoms with Crippen LogP contribution >= 0.6 is 11.3 Å². The second-order valence-electron chi connectivity index (χ2n) is 14.7. The van der Waals surface area contributed by atoms with Crippen LogP contribution in [-0.2, 0) is 38.1 Å². The molecule has 2 atom stereocenters. The van der Waals surface area contributed by atoms with Crippen LogP contribution in [0.4, 0.5) is 16.4 Å². The lowest BCUT2D eigenvalue weighted by atomic mass is 10.0. The second kappa shape index (κ2) is 31.4. The predicted octanol–water partition coefficient (Wildman–Crippen LogP) is 9.68. The maximum absolute atomic E-state index is 12.4. The summed E-state index contributed by atoms with van der Waals surface area (Å²) in [6.07, 6.45) is 15.9. The van der Waals surface area contributed by atoms with Crippen LogP contribution in [0.3, 0.4) is 0 Å². The number of benzene rings is 1. The van der Waals surface area contributed by atoms with Gasteiger partial charge in [-0.3, -0.25) is 19.2 Å². The number of unbranched alkanes of at least 4 members (excludes halogenated alkanes) is 6. The van der Waals surface area contributed by atoms with Crippen LogP contribution < -0.4 is 4.90 Å². The minimum absolute atomic E-state index is 0.0330. The normalized spacial score (nSPS) is 12.4. The third kappa shape index (κ3) is 20.9. The maximum atomic E-state index is 12.4. The van der Waals surface area contributed by atoms with Gasteiger partial charge < -0.3 is 34.1 Å². The highest BCUT2D eigenvalue weighted by Crippen LogP contribution is 2.36. The van der Waals surface area contributed by atoms with Crippen molar-refractivity contribution in [3.63, 3.8) is 0 Å². The minimum Gasteiger partial charge on any atom is -0.481 e. The average Bonchev–Trinajstić information content (AvgIpc) is 3.56. The van der Waals surface area contributed by atoms with E-state index in [1.807, 2.05) is 48.3 Å². The number of ether oxygens (including phenoxy) is 4. The molecule has 0 radical (unpaired) electrons. The summed E-state index contributed by atoms with van der Waals surface area (Å²) in [6.45, 7) is 9.29. The summed E-state index contributed by atoms with van der Waals surface area (Å²) in [4.78, 5) is 50.6. The number of nitrogens with zero attached hydrogens (tertiary/aromatic N) is 5. The van der Waals surface area contributed by atoms with Crippen LogP contribution in [0.25, 0.3) is 0 Å². The molecule has 2 rings (SSSR count). The Bertz CT molecular complexity index is 1810. The van der Waals surface area contributed by atoms with Gasteiger partial charge in [-0.05, 0) is 81.7 Å². The summed E-state index contributed by atoms with van der Waals surface area (Å²) in [5.41, 5.74) is 3.07. The van der Waals surface area contributed by atoms with Crippen molar-refractivity contribution >= 4 is 51.6 Å². The SMILES string of the molecule is CCCCCC=CCC(CC(=O)OCCOCCN(CCOCCOC(=O)CC(CC=CCCCCC)C(=O)O)c1ccc(N=Nc2sc(C#N)c(C)c2C#N)c(C)c1)C(=O)O. The van der Waals surface area contributed by atoms with Crippen LogP contribution in [0.5, 0.6) is 0 Å². The first kappa shape index (κ1) is 52.7. The number of anilines is 1. The zero-order valence-corrected chi connectivity index (χ0v) is 37.5. The first-order valence-electron chi connectivity index (χ1n) is 21.4. The number of carboxylic acid groups (broad SMARTS) is 2. The molecule has 0 aliphatic carbocycles. The Hall–Kier alpha value is -5.42. The van der Waals surface area contributed by atoms with Crippen molar-refractivity contribution in [1.29, 1.82) is 10.5 Å². The summed E-state index contributed by atoms with van der Waals surface area (Å²) in [7, 11) is 0. The fourth-order valence-electron chi connectivity index (χ4n) is 6.05.